The third kappa shape index (κ3) is 5.29. The number of likely N-dealkylation sites (N-methyl/N-ethyl adjacent to an activating group) is 1. The van der Waals surface area contributed by atoms with E-state index in [0.29, 0.717) is 24.0 Å². The van der Waals surface area contributed by atoms with Crippen LogP contribution in [0.2, 0.25) is 0 Å². The molecule has 1 aliphatic heterocycles. The molecule has 7 heteroatoms. The van der Waals surface area contributed by atoms with Gasteiger partial charge < -0.3 is 19.7 Å². The molecule has 197 valence electrons. The van der Waals surface area contributed by atoms with Crippen LogP contribution in [-0.2, 0) is 12.1 Å². The van der Waals surface area contributed by atoms with Crippen molar-refractivity contribution < 1.29 is 14.3 Å². The summed E-state index contributed by atoms with van der Waals surface area (Å²) in [5, 5.41) is 4.40. The van der Waals surface area contributed by atoms with Gasteiger partial charge in [0.2, 0.25) is 0 Å². The van der Waals surface area contributed by atoms with Crippen LogP contribution in [0.25, 0.3) is 10.9 Å². The van der Waals surface area contributed by atoms with E-state index in [2.05, 4.69) is 44.6 Å². The molecule has 1 N–H and O–H groups in total. The molecule has 1 saturated heterocycles. The molecule has 0 spiro atoms. The maximum absolute atomic E-state index is 13.7. The number of aryl methyl sites for hydroxylation is 1. The molecule has 6 rings (SSSR count). The van der Waals surface area contributed by atoms with Gasteiger partial charge in [-0.15, -0.1) is 0 Å². The second-order valence-corrected chi connectivity index (χ2v) is 11.3. The van der Waals surface area contributed by atoms with E-state index in [1.807, 2.05) is 67.6 Å². The smallest absolute Gasteiger partial charge is 0.252 e. The second-order valence-electron chi connectivity index (χ2n) is 10.7. The summed E-state index contributed by atoms with van der Waals surface area (Å²) in [5.74, 6) is 1.33. The van der Waals surface area contributed by atoms with Crippen LogP contribution < -0.4 is 14.8 Å². The average Bonchev–Trinajstić information content (AvgIpc) is 3.72. The van der Waals surface area contributed by atoms with Crippen LogP contribution in [0.5, 0.6) is 11.5 Å². The van der Waals surface area contributed by atoms with E-state index >= 15 is 0 Å². The third-order valence-corrected chi connectivity index (χ3v) is 8.47. The number of hydrogen-bond acceptors (Lipinski definition) is 5. The molecule has 1 unspecified atom stereocenters. The van der Waals surface area contributed by atoms with Crippen molar-refractivity contribution in [3.05, 3.63) is 101 Å². The molecular weight excluding hydrogens is 502 g/mol. The van der Waals surface area contributed by atoms with Gasteiger partial charge in [0.15, 0.2) is 0 Å². The summed E-state index contributed by atoms with van der Waals surface area (Å²) in [6, 6.07) is 24.2. The average molecular weight is 535 g/mol. The van der Waals surface area contributed by atoms with Crippen molar-refractivity contribution in [1.29, 1.82) is 0 Å². The molecule has 39 heavy (non-hydrogen) atoms. The maximum atomic E-state index is 13.7. The maximum Gasteiger partial charge on any atom is 0.252 e. The lowest BCUT2D eigenvalue weighted by molar-refractivity contribution is 0.0562. The standard InChI is InChI=1S/C32H32N3O3Si/c1-21-10-11-23(38-31(39)29-12-16-35(29)2)17-26(21)30(36)34-32(13-14-32)27-18-24(19-28-25(27)9-6-15-33-28)37-20-22-7-4-3-5-8-22/h3-11,15,17-19,29,31H,12-14,16,20H2,1-2H3,(H,34,36)/t29-,31?/m0/s1. The molecule has 1 aliphatic carbocycles. The fourth-order valence-electron chi connectivity index (χ4n) is 5.31. The topological polar surface area (TPSA) is 63.7 Å². The Morgan fingerprint density at radius 2 is 1.92 bits per heavy atom. The van der Waals surface area contributed by atoms with Crippen molar-refractivity contribution in [1.82, 2.24) is 15.2 Å². The Morgan fingerprint density at radius 3 is 2.64 bits per heavy atom. The van der Waals surface area contributed by atoms with Crippen LogP contribution in [-0.4, -0.2) is 51.4 Å². The van der Waals surface area contributed by atoms with E-state index in [1.165, 1.54) is 0 Å². The fraction of sp³-hybridized carbons (Fsp3) is 0.312. The summed E-state index contributed by atoms with van der Waals surface area (Å²) in [5.41, 5.74) is 3.94. The molecule has 3 radical (unpaired) electrons. The third-order valence-electron chi connectivity index (χ3n) is 7.97. The summed E-state index contributed by atoms with van der Waals surface area (Å²) in [6.45, 7) is 3.50. The Morgan fingerprint density at radius 1 is 1.10 bits per heavy atom. The van der Waals surface area contributed by atoms with Crippen LogP contribution in [0.4, 0.5) is 0 Å². The summed E-state index contributed by atoms with van der Waals surface area (Å²) in [7, 11) is 5.83. The van der Waals surface area contributed by atoms with Gasteiger partial charge in [0.05, 0.1) is 27.0 Å². The zero-order valence-electron chi connectivity index (χ0n) is 22.3. The number of amides is 1. The normalized spacial score (nSPS) is 18.7. The number of carbonyl (C=O) groups excluding carboxylic acids is 1. The van der Waals surface area contributed by atoms with Gasteiger partial charge >= 0.3 is 0 Å². The number of pyridine rings is 1. The van der Waals surface area contributed by atoms with Crippen molar-refractivity contribution in [2.75, 3.05) is 13.6 Å². The zero-order chi connectivity index (χ0) is 27.0. The van der Waals surface area contributed by atoms with Crippen LogP contribution in [0.1, 0.15) is 46.3 Å². The van der Waals surface area contributed by atoms with Gasteiger partial charge in [0.1, 0.15) is 18.1 Å². The van der Waals surface area contributed by atoms with Gasteiger partial charge in [-0.2, -0.15) is 0 Å². The lowest BCUT2D eigenvalue weighted by Crippen LogP contribution is -2.53. The second kappa shape index (κ2) is 10.5. The lowest BCUT2D eigenvalue weighted by atomic mass is 9.97. The van der Waals surface area contributed by atoms with Crippen LogP contribution in [0.15, 0.2) is 79.0 Å². The van der Waals surface area contributed by atoms with E-state index < -0.39 is 5.54 Å². The summed E-state index contributed by atoms with van der Waals surface area (Å²) in [4.78, 5) is 20.5. The van der Waals surface area contributed by atoms with Gasteiger partial charge in [-0.05, 0) is 80.7 Å². The number of rotatable bonds is 9. The molecule has 1 saturated carbocycles. The minimum absolute atomic E-state index is 0.102. The first-order valence-electron chi connectivity index (χ1n) is 13.5. The Hall–Kier alpha value is -3.68. The predicted octanol–water partition coefficient (Wildman–Crippen LogP) is 5.12. The zero-order valence-corrected chi connectivity index (χ0v) is 23.3. The minimum Gasteiger partial charge on any atom is -0.493 e. The monoisotopic (exact) mass is 534 g/mol. The SMILES string of the molecule is Cc1ccc(OC([Si])[C@@H]2CCN2C)cc1C(=O)NC1(c2cc(OCc3ccccc3)cc3ncccc23)CC1. The molecule has 2 atom stereocenters. The van der Waals surface area contributed by atoms with Crippen molar-refractivity contribution in [3.8, 4) is 11.5 Å². The molecule has 2 heterocycles. The highest BCUT2D eigenvalue weighted by molar-refractivity contribution is 6.11. The number of aromatic nitrogens is 1. The van der Waals surface area contributed by atoms with Crippen molar-refractivity contribution in [3.63, 3.8) is 0 Å². The number of ether oxygens (including phenoxy) is 2. The van der Waals surface area contributed by atoms with Crippen molar-refractivity contribution >= 4 is 27.1 Å². The molecule has 6 nitrogen and oxygen atoms in total. The highest BCUT2D eigenvalue weighted by Gasteiger charge is 2.47. The number of nitrogens with zero attached hydrogens (tertiary/aromatic N) is 2. The van der Waals surface area contributed by atoms with Gasteiger partial charge in [-0.25, -0.2) is 0 Å². The lowest BCUT2D eigenvalue weighted by Gasteiger charge is -2.41. The molecule has 1 amide bonds. The molecular formula is C32H32N3O3Si. The number of nitrogens with one attached hydrogen (secondary N) is 1. The molecule has 1 aromatic heterocycles. The Bertz CT molecular complexity index is 1510. The number of hydrogen-bond donors (Lipinski definition) is 1. The minimum atomic E-state index is -0.458. The van der Waals surface area contributed by atoms with Gasteiger partial charge in [-0.3, -0.25) is 9.78 Å². The summed E-state index contributed by atoms with van der Waals surface area (Å²) >= 11 is 0. The quantitative estimate of drug-likeness (QED) is 0.302. The molecule has 2 aliphatic rings. The molecule has 4 aromatic rings. The first kappa shape index (κ1) is 25.6. The number of fused-ring (bicyclic) bond motifs is 1. The number of likely N-dealkylation sites (tertiary alicyclic amines) is 1. The van der Waals surface area contributed by atoms with E-state index in [4.69, 9.17) is 9.47 Å². The van der Waals surface area contributed by atoms with E-state index in [-0.39, 0.29) is 11.6 Å². The summed E-state index contributed by atoms with van der Waals surface area (Å²) in [6.07, 6.45) is 4.59. The first-order valence-corrected chi connectivity index (χ1v) is 14.1. The van der Waals surface area contributed by atoms with E-state index in [1.54, 1.807) is 6.20 Å². The Labute approximate surface area is 232 Å². The largest absolute Gasteiger partial charge is 0.493 e. The van der Waals surface area contributed by atoms with Crippen molar-refractivity contribution in [2.24, 2.45) is 0 Å². The highest BCUT2D eigenvalue weighted by Crippen LogP contribution is 2.49. The van der Waals surface area contributed by atoms with Gasteiger partial charge in [0.25, 0.3) is 5.91 Å². The van der Waals surface area contributed by atoms with Gasteiger partial charge in [-0.1, -0.05) is 42.5 Å². The van der Waals surface area contributed by atoms with E-state index in [0.717, 1.165) is 59.2 Å². The molecule has 0 bridgehead atoms. The van der Waals surface area contributed by atoms with Gasteiger partial charge in [0, 0.05) is 29.3 Å². The van der Waals surface area contributed by atoms with Crippen LogP contribution in [0.3, 0.4) is 0 Å². The molecule has 3 aromatic carbocycles. The fourth-order valence-corrected chi connectivity index (χ4v) is 5.87. The number of carbonyl (C=O) groups is 1. The first-order chi connectivity index (χ1) is 18.9. The Kier molecular flexibility index (Phi) is 6.87. The van der Waals surface area contributed by atoms with Crippen LogP contribution >= 0.6 is 0 Å². The van der Waals surface area contributed by atoms with Crippen molar-refractivity contribution in [2.45, 2.75) is 50.1 Å². The molecule has 2 fully saturated rings. The highest BCUT2D eigenvalue weighted by atomic mass is 28.1. The van der Waals surface area contributed by atoms with Crippen LogP contribution in [0, 0.1) is 6.92 Å². The number of benzene rings is 3. The van der Waals surface area contributed by atoms with E-state index in [9.17, 15) is 4.79 Å². The Balaban J connectivity index is 1.25. The summed E-state index contributed by atoms with van der Waals surface area (Å²) < 4.78 is 12.4. The predicted molar refractivity (Wildman–Crippen MR) is 153 cm³/mol.